The summed E-state index contributed by atoms with van der Waals surface area (Å²) >= 11 is 0. The van der Waals surface area contributed by atoms with Gasteiger partial charge in [0, 0.05) is 38.9 Å². The first kappa shape index (κ1) is 22.4. The van der Waals surface area contributed by atoms with Gasteiger partial charge < -0.3 is 24.4 Å². The number of benzene rings is 1. The normalized spacial score (nSPS) is 18.6. The molecule has 0 spiro atoms. The molecule has 0 amide bonds. The summed E-state index contributed by atoms with van der Waals surface area (Å²) in [7, 11) is 3.17. The molecule has 31 heavy (non-hydrogen) atoms. The van der Waals surface area contributed by atoms with Gasteiger partial charge in [0.2, 0.25) is 5.88 Å². The number of carbonyl (C=O) groups excluding carboxylic acids is 1. The number of methoxy groups -OCH3 is 1. The summed E-state index contributed by atoms with van der Waals surface area (Å²) < 4.78 is 16.2. The van der Waals surface area contributed by atoms with Gasteiger partial charge in [0.1, 0.15) is 11.5 Å². The number of guanidine groups is 1. The first-order chi connectivity index (χ1) is 15.0. The van der Waals surface area contributed by atoms with Crippen LogP contribution in [-0.2, 0) is 16.1 Å². The van der Waals surface area contributed by atoms with Crippen LogP contribution in [0.3, 0.4) is 0 Å². The number of pyridine rings is 1. The van der Waals surface area contributed by atoms with E-state index in [1.54, 1.807) is 13.2 Å². The number of esters is 1. The molecular weight excluding hydrogens is 396 g/mol. The number of hydrogen-bond donors (Lipinski definition) is 1. The van der Waals surface area contributed by atoms with E-state index in [1.165, 1.54) is 7.11 Å². The third-order valence-electron chi connectivity index (χ3n) is 5.23. The third-order valence-corrected chi connectivity index (χ3v) is 5.23. The molecule has 3 rings (SSSR count). The van der Waals surface area contributed by atoms with E-state index in [-0.39, 0.29) is 17.8 Å². The molecule has 0 radical (unpaired) electrons. The van der Waals surface area contributed by atoms with Gasteiger partial charge in [-0.15, -0.1) is 0 Å². The van der Waals surface area contributed by atoms with Crippen molar-refractivity contribution in [2.24, 2.45) is 16.8 Å². The van der Waals surface area contributed by atoms with Gasteiger partial charge in [-0.2, -0.15) is 0 Å². The molecule has 1 aliphatic heterocycles. The van der Waals surface area contributed by atoms with Crippen molar-refractivity contribution in [1.82, 2.24) is 15.2 Å². The van der Waals surface area contributed by atoms with E-state index in [1.807, 2.05) is 43.3 Å². The molecule has 8 nitrogen and oxygen atoms in total. The zero-order valence-electron chi connectivity index (χ0n) is 18.5. The van der Waals surface area contributed by atoms with E-state index in [2.05, 4.69) is 27.1 Å². The van der Waals surface area contributed by atoms with Crippen molar-refractivity contribution in [1.29, 1.82) is 0 Å². The van der Waals surface area contributed by atoms with Gasteiger partial charge >= 0.3 is 5.97 Å². The monoisotopic (exact) mass is 426 g/mol. The highest BCUT2D eigenvalue weighted by atomic mass is 16.5. The molecule has 2 aromatic rings. The number of likely N-dealkylation sites (tertiary alicyclic amines) is 1. The lowest BCUT2D eigenvalue weighted by Gasteiger charge is -2.21. The van der Waals surface area contributed by atoms with E-state index >= 15 is 0 Å². The molecule has 2 atom stereocenters. The van der Waals surface area contributed by atoms with E-state index in [4.69, 9.17) is 14.2 Å². The Bertz CT molecular complexity index is 901. The van der Waals surface area contributed by atoms with Gasteiger partial charge in [0.25, 0.3) is 0 Å². The van der Waals surface area contributed by atoms with E-state index < -0.39 is 0 Å². The molecule has 1 aromatic heterocycles. The average molecular weight is 427 g/mol. The van der Waals surface area contributed by atoms with Crippen LogP contribution in [0.4, 0.5) is 0 Å². The van der Waals surface area contributed by atoms with E-state index in [9.17, 15) is 4.79 Å². The Morgan fingerprint density at radius 1 is 1.23 bits per heavy atom. The molecule has 1 fully saturated rings. The van der Waals surface area contributed by atoms with Crippen molar-refractivity contribution >= 4 is 11.9 Å². The fourth-order valence-electron chi connectivity index (χ4n) is 3.62. The topological polar surface area (TPSA) is 85.3 Å². The number of nitrogens with one attached hydrogen (secondary N) is 1. The molecule has 8 heteroatoms. The van der Waals surface area contributed by atoms with Crippen molar-refractivity contribution in [3.63, 3.8) is 0 Å². The van der Waals surface area contributed by atoms with Crippen molar-refractivity contribution in [2.45, 2.75) is 20.4 Å². The number of aliphatic imine (C=N–C) groups is 1. The minimum Gasteiger partial charge on any atom is -0.494 e. The van der Waals surface area contributed by atoms with Crippen LogP contribution in [0.15, 0.2) is 47.6 Å². The van der Waals surface area contributed by atoms with Gasteiger partial charge in [0.05, 0.1) is 19.6 Å². The Morgan fingerprint density at radius 3 is 2.65 bits per heavy atom. The first-order valence-electron chi connectivity index (χ1n) is 10.4. The molecule has 1 N–H and O–H groups in total. The van der Waals surface area contributed by atoms with Crippen LogP contribution in [0.5, 0.6) is 17.4 Å². The molecule has 1 aliphatic rings. The maximum absolute atomic E-state index is 12.0. The van der Waals surface area contributed by atoms with Crippen molar-refractivity contribution < 1.29 is 19.0 Å². The molecule has 0 saturated carbocycles. The predicted molar refractivity (Wildman–Crippen MR) is 118 cm³/mol. The molecule has 166 valence electrons. The zero-order valence-corrected chi connectivity index (χ0v) is 18.5. The Kier molecular flexibility index (Phi) is 7.70. The Balaban J connectivity index is 1.58. The number of carbonyl (C=O) groups is 1. The van der Waals surface area contributed by atoms with Crippen LogP contribution in [0.2, 0.25) is 0 Å². The fourth-order valence-corrected chi connectivity index (χ4v) is 3.62. The van der Waals surface area contributed by atoms with Crippen LogP contribution in [-0.4, -0.2) is 55.7 Å². The molecule has 2 unspecified atom stereocenters. The van der Waals surface area contributed by atoms with Crippen LogP contribution in [0.25, 0.3) is 0 Å². The number of rotatable bonds is 7. The SMILES string of the molecule is CCOc1ccc(Oc2cc(CNC(=NC)N3CC(C)C(C(=O)OC)C3)ccn2)cc1. The number of nitrogens with zero attached hydrogens (tertiary/aromatic N) is 3. The highest BCUT2D eigenvalue weighted by molar-refractivity contribution is 5.82. The largest absolute Gasteiger partial charge is 0.494 e. The summed E-state index contributed by atoms with van der Waals surface area (Å²) in [4.78, 5) is 22.7. The van der Waals surface area contributed by atoms with Gasteiger partial charge in [-0.3, -0.25) is 9.79 Å². The van der Waals surface area contributed by atoms with Gasteiger partial charge in [-0.1, -0.05) is 6.92 Å². The Morgan fingerprint density at radius 2 is 1.97 bits per heavy atom. The summed E-state index contributed by atoms with van der Waals surface area (Å²) in [5, 5.41) is 3.36. The van der Waals surface area contributed by atoms with Crippen molar-refractivity contribution in [2.75, 3.05) is 33.9 Å². The molecular formula is C23H30N4O4. The second-order valence-corrected chi connectivity index (χ2v) is 7.42. The van der Waals surface area contributed by atoms with Gasteiger partial charge in [-0.05, 0) is 48.7 Å². The Hall–Kier alpha value is -3.29. The van der Waals surface area contributed by atoms with Crippen LogP contribution in [0, 0.1) is 11.8 Å². The van der Waals surface area contributed by atoms with E-state index in [0.29, 0.717) is 31.3 Å². The maximum atomic E-state index is 12.0. The first-order valence-corrected chi connectivity index (χ1v) is 10.4. The summed E-state index contributed by atoms with van der Waals surface area (Å²) in [5.74, 6) is 2.66. The fraction of sp³-hybridized carbons (Fsp3) is 0.435. The lowest BCUT2D eigenvalue weighted by atomic mass is 9.99. The molecule has 0 aliphatic carbocycles. The molecule has 1 saturated heterocycles. The molecule has 1 aromatic carbocycles. The minimum atomic E-state index is -0.171. The lowest BCUT2D eigenvalue weighted by Crippen LogP contribution is -2.40. The van der Waals surface area contributed by atoms with Crippen LogP contribution < -0.4 is 14.8 Å². The quantitative estimate of drug-likeness (QED) is 0.414. The number of hydrogen-bond acceptors (Lipinski definition) is 6. The Labute approximate surface area is 183 Å². The molecule has 0 bridgehead atoms. The summed E-state index contributed by atoms with van der Waals surface area (Å²) in [6.07, 6.45) is 1.72. The highest BCUT2D eigenvalue weighted by Gasteiger charge is 2.36. The summed E-state index contributed by atoms with van der Waals surface area (Å²) in [6, 6.07) is 11.3. The number of aromatic nitrogens is 1. The predicted octanol–water partition coefficient (Wildman–Crippen LogP) is 3.09. The smallest absolute Gasteiger partial charge is 0.310 e. The van der Waals surface area contributed by atoms with Crippen molar-refractivity contribution in [3.8, 4) is 17.4 Å². The lowest BCUT2D eigenvalue weighted by molar-refractivity contribution is -0.145. The highest BCUT2D eigenvalue weighted by Crippen LogP contribution is 2.25. The third kappa shape index (κ3) is 5.87. The summed E-state index contributed by atoms with van der Waals surface area (Å²) in [6.45, 7) is 6.53. The summed E-state index contributed by atoms with van der Waals surface area (Å²) in [5.41, 5.74) is 1.01. The maximum Gasteiger partial charge on any atom is 0.310 e. The minimum absolute atomic E-state index is 0.140. The second-order valence-electron chi connectivity index (χ2n) is 7.42. The average Bonchev–Trinajstić information content (AvgIpc) is 3.17. The van der Waals surface area contributed by atoms with Crippen molar-refractivity contribution in [3.05, 3.63) is 48.2 Å². The molecule has 2 heterocycles. The standard InChI is InChI=1S/C23H30N4O4/c1-5-30-18-6-8-19(9-7-18)31-21-12-17(10-11-25-21)13-26-23(24-3)27-14-16(2)20(15-27)22(28)29-4/h6-12,16,20H,5,13-15H2,1-4H3,(H,24,26). The van der Waals surface area contributed by atoms with Crippen LogP contribution >= 0.6 is 0 Å². The number of ether oxygens (including phenoxy) is 3. The zero-order chi connectivity index (χ0) is 22.2. The van der Waals surface area contributed by atoms with E-state index in [0.717, 1.165) is 23.8 Å². The van der Waals surface area contributed by atoms with Gasteiger partial charge in [-0.25, -0.2) is 4.98 Å². The van der Waals surface area contributed by atoms with Crippen LogP contribution in [0.1, 0.15) is 19.4 Å². The van der Waals surface area contributed by atoms with Gasteiger partial charge in [0.15, 0.2) is 5.96 Å². The second kappa shape index (κ2) is 10.7.